The number of nitrogens with two attached hydrogens (primary N) is 2. The maximum Gasteiger partial charge on any atom is 0.152 e. The molecule has 2 atom stereocenters. The molecule has 0 unspecified atom stereocenters. The van der Waals surface area contributed by atoms with Crippen LogP contribution in [0.3, 0.4) is 0 Å². The molecule has 0 saturated carbocycles. The van der Waals surface area contributed by atoms with Crippen LogP contribution in [0.4, 0.5) is 11.5 Å². The first kappa shape index (κ1) is 19.2. The number of hydrogen-bond donors (Lipinski definition) is 3. The highest BCUT2D eigenvalue weighted by atomic mass is 32.1. The lowest BCUT2D eigenvalue weighted by molar-refractivity contribution is 0.334. The van der Waals surface area contributed by atoms with Gasteiger partial charge in [-0.05, 0) is 23.9 Å². The quantitative estimate of drug-likeness (QED) is 0.379. The number of aromatic amines is 1. The predicted octanol–water partition coefficient (Wildman–Crippen LogP) is 3.04. The van der Waals surface area contributed by atoms with E-state index in [0.717, 1.165) is 63.4 Å². The zero-order chi connectivity index (χ0) is 21.7. The molecule has 5 aromatic heterocycles. The van der Waals surface area contributed by atoms with Gasteiger partial charge in [0.2, 0.25) is 0 Å². The first-order chi connectivity index (χ1) is 15.7. The molecule has 5 N–H and O–H groups in total. The van der Waals surface area contributed by atoms with Gasteiger partial charge < -0.3 is 21.4 Å². The van der Waals surface area contributed by atoms with Gasteiger partial charge in [0.15, 0.2) is 5.82 Å². The summed E-state index contributed by atoms with van der Waals surface area (Å²) in [6.07, 6.45) is 10.3. The molecule has 1 aliphatic rings. The summed E-state index contributed by atoms with van der Waals surface area (Å²) < 4.78 is 3.11. The Morgan fingerprint density at radius 2 is 2.12 bits per heavy atom. The number of thiophene rings is 1. The highest BCUT2D eigenvalue weighted by Crippen LogP contribution is 2.37. The number of fused-ring (bicyclic) bond motifs is 2. The van der Waals surface area contributed by atoms with Gasteiger partial charge in [0.05, 0.1) is 28.3 Å². The van der Waals surface area contributed by atoms with E-state index in [-0.39, 0.29) is 6.04 Å². The normalized spacial score (nSPS) is 17.5. The van der Waals surface area contributed by atoms with E-state index in [1.165, 1.54) is 0 Å². The van der Waals surface area contributed by atoms with E-state index in [9.17, 15) is 0 Å². The molecule has 32 heavy (non-hydrogen) atoms. The number of rotatable bonds is 5. The van der Waals surface area contributed by atoms with Crippen LogP contribution >= 0.6 is 11.3 Å². The van der Waals surface area contributed by atoms with Gasteiger partial charge in [-0.25, -0.2) is 15.0 Å². The monoisotopic (exact) mass is 445 g/mol. The van der Waals surface area contributed by atoms with Gasteiger partial charge in [-0.2, -0.15) is 5.10 Å². The minimum atomic E-state index is 0.0865. The van der Waals surface area contributed by atoms with Crippen molar-refractivity contribution in [1.29, 1.82) is 0 Å². The number of nitrogens with zero attached hydrogens (tertiary/aromatic N) is 6. The van der Waals surface area contributed by atoms with E-state index < -0.39 is 0 Å². The lowest BCUT2D eigenvalue weighted by atomic mass is 9.99. The average molecular weight is 446 g/mol. The molecule has 0 aromatic carbocycles. The Morgan fingerprint density at radius 3 is 3.03 bits per heavy atom. The average Bonchev–Trinajstić information content (AvgIpc) is 3.60. The Labute approximate surface area is 188 Å². The maximum atomic E-state index is 6.46. The molecular weight excluding hydrogens is 422 g/mol. The van der Waals surface area contributed by atoms with Crippen LogP contribution in [0.15, 0.2) is 48.6 Å². The van der Waals surface area contributed by atoms with Crippen LogP contribution in [0.25, 0.3) is 32.4 Å². The first-order valence-corrected chi connectivity index (χ1v) is 11.5. The van der Waals surface area contributed by atoms with Crippen molar-refractivity contribution < 1.29 is 0 Å². The molecule has 0 bridgehead atoms. The fourth-order valence-electron chi connectivity index (χ4n) is 4.76. The molecule has 0 aliphatic carbocycles. The van der Waals surface area contributed by atoms with Crippen molar-refractivity contribution in [1.82, 2.24) is 29.7 Å². The summed E-state index contributed by atoms with van der Waals surface area (Å²) in [5, 5.41) is 8.77. The van der Waals surface area contributed by atoms with Crippen molar-refractivity contribution in [2.45, 2.75) is 12.5 Å². The van der Waals surface area contributed by atoms with Gasteiger partial charge >= 0.3 is 0 Å². The van der Waals surface area contributed by atoms with Crippen LogP contribution in [0.1, 0.15) is 12.5 Å². The smallest absolute Gasteiger partial charge is 0.152 e. The molecule has 0 amide bonds. The third-order valence-corrected chi connectivity index (χ3v) is 7.26. The summed E-state index contributed by atoms with van der Waals surface area (Å²) in [5.41, 5.74) is 16.1. The second kappa shape index (κ2) is 7.57. The SMILES string of the molecule is NC[C@@H]([C@H]1CCN(c2ncc3sccc3c2N)C1)n1cc(-c2ncnc3[nH]ccc23)cn1. The van der Waals surface area contributed by atoms with Crippen molar-refractivity contribution in [3.05, 3.63) is 48.6 Å². The molecule has 1 fully saturated rings. The lowest BCUT2D eigenvalue weighted by Gasteiger charge is -2.24. The zero-order valence-corrected chi connectivity index (χ0v) is 18.2. The molecule has 6 heterocycles. The third-order valence-electron chi connectivity index (χ3n) is 6.41. The number of nitrogen functional groups attached to an aromatic ring is 1. The standard InChI is InChI=1S/C22H23N9S/c23-7-17(31-11-14(8-29-31)20-16-1-4-25-21(16)28-12-27-20)13-2-5-30(10-13)22-19(24)15-3-6-32-18(15)9-26-22/h1,3-4,6,8-9,11-13,17H,2,5,7,10,23-24H2,(H,25,27,28)/t13-,17-/m0/s1. The number of aromatic nitrogens is 6. The molecule has 6 rings (SSSR count). The van der Waals surface area contributed by atoms with Gasteiger partial charge in [0, 0.05) is 60.5 Å². The Hall–Kier alpha value is -3.50. The van der Waals surface area contributed by atoms with Crippen LogP contribution in [0.2, 0.25) is 0 Å². The summed E-state index contributed by atoms with van der Waals surface area (Å²) in [7, 11) is 0. The Kier molecular flexibility index (Phi) is 4.54. The Bertz CT molecular complexity index is 1400. The Balaban J connectivity index is 1.26. The number of pyridine rings is 1. The van der Waals surface area contributed by atoms with E-state index in [2.05, 4.69) is 41.4 Å². The van der Waals surface area contributed by atoms with Crippen LogP contribution in [-0.4, -0.2) is 49.4 Å². The van der Waals surface area contributed by atoms with Crippen molar-refractivity contribution in [3.63, 3.8) is 0 Å². The van der Waals surface area contributed by atoms with E-state index in [1.807, 2.05) is 35.5 Å². The Morgan fingerprint density at radius 1 is 1.19 bits per heavy atom. The third kappa shape index (κ3) is 3.02. The largest absolute Gasteiger partial charge is 0.395 e. The van der Waals surface area contributed by atoms with Crippen LogP contribution < -0.4 is 16.4 Å². The number of hydrogen-bond acceptors (Lipinski definition) is 8. The second-order valence-electron chi connectivity index (χ2n) is 8.16. The van der Waals surface area contributed by atoms with Crippen LogP contribution in [0, 0.1) is 5.92 Å². The van der Waals surface area contributed by atoms with E-state index in [0.29, 0.717) is 12.5 Å². The fraction of sp³-hybridized carbons (Fsp3) is 0.273. The molecular formula is C22H23N9S. The fourth-order valence-corrected chi connectivity index (χ4v) is 5.53. The van der Waals surface area contributed by atoms with Gasteiger partial charge in [-0.15, -0.1) is 11.3 Å². The minimum Gasteiger partial charge on any atom is -0.395 e. The summed E-state index contributed by atoms with van der Waals surface area (Å²) in [6, 6.07) is 4.14. The molecule has 1 aliphatic heterocycles. The molecule has 162 valence electrons. The molecule has 10 heteroatoms. The summed E-state index contributed by atoms with van der Waals surface area (Å²) in [4.78, 5) is 18.8. The molecule has 5 aromatic rings. The van der Waals surface area contributed by atoms with E-state index >= 15 is 0 Å². The van der Waals surface area contributed by atoms with Crippen molar-refractivity contribution in [2.24, 2.45) is 11.7 Å². The van der Waals surface area contributed by atoms with E-state index in [1.54, 1.807) is 17.7 Å². The van der Waals surface area contributed by atoms with Gasteiger partial charge in [-0.3, -0.25) is 4.68 Å². The predicted molar refractivity (Wildman–Crippen MR) is 128 cm³/mol. The van der Waals surface area contributed by atoms with Crippen LogP contribution in [-0.2, 0) is 0 Å². The van der Waals surface area contributed by atoms with Crippen LogP contribution in [0.5, 0.6) is 0 Å². The van der Waals surface area contributed by atoms with Gasteiger partial charge in [0.1, 0.15) is 12.0 Å². The van der Waals surface area contributed by atoms with Crippen molar-refractivity contribution >= 4 is 44.0 Å². The van der Waals surface area contributed by atoms with Crippen molar-refractivity contribution in [2.75, 3.05) is 30.3 Å². The minimum absolute atomic E-state index is 0.0865. The molecule has 9 nitrogen and oxygen atoms in total. The maximum absolute atomic E-state index is 6.46. The van der Waals surface area contributed by atoms with Crippen molar-refractivity contribution in [3.8, 4) is 11.3 Å². The zero-order valence-electron chi connectivity index (χ0n) is 17.3. The lowest BCUT2D eigenvalue weighted by Crippen LogP contribution is -2.30. The summed E-state index contributed by atoms with van der Waals surface area (Å²) >= 11 is 1.66. The van der Waals surface area contributed by atoms with Gasteiger partial charge in [-0.1, -0.05) is 0 Å². The summed E-state index contributed by atoms with van der Waals surface area (Å²) in [6.45, 7) is 2.26. The van der Waals surface area contributed by atoms with E-state index in [4.69, 9.17) is 11.5 Å². The second-order valence-corrected chi connectivity index (χ2v) is 9.11. The molecule has 0 spiro atoms. The highest BCUT2D eigenvalue weighted by Gasteiger charge is 2.32. The number of H-pyrrole nitrogens is 1. The summed E-state index contributed by atoms with van der Waals surface area (Å²) in [5.74, 6) is 1.22. The highest BCUT2D eigenvalue weighted by molar-refractivity contribution is 7.17. The topological polar surface area (TPSA) is 128 Å². The number of anilines is 2. The molecule has 1 saturated heterocycles. The number of nitrogens with one attached hydrogen (secondary N) is 1. The molecule has 0 radical (unpaired) electrons. The van der Waals surface area contributed by atoms with Gasteiger partial charge in [0.25, 0.3) is 0 Å². The first-order valence-electron chi connectivity index (χ1n) is 10.6.